The van der Waals surface area contributed by atoms with Gasteiger partial charge in [0.15, 0.2) is 0 Å². The summed E-state index contributed by atoms with van der Waals surface area (Å²) in [7, 11) is 0. The van der Waals surface area contributed by atoms with Crippen molar-refractivity contribution >= 4 is 15.9 Å². The average Bonchev–Trinajstić information content (AvgIpc) is 1.98. The van der Waals surface area contributed by atoms with Crippen LogP contribution in [0.1, 0.15) is 20.8 Å². The molecule has 0 spiro atoms. The summed E-state index contributed by atoms with van der Waals surface area (Å²) in [5.41, 5.74) is -0.307. The molecular formula is C10H19BrF3NO. The van der Waals surface area contributed by atoms with Crippen molar-refractivity contribution in [3.05, 3.63) is 0 Å². The summed E-state index contributed by atoms with van der Waals surface area (Å²) in [5.74, 6) is 0. The lowest BCUT2D eigenvalue weighted by molar-refractivity contribution is -0.147. The van der Waals surface area contributed by atoms with Gasteiger partial charge in [-0.1, -0.05) is 15.9 Å². The molecule has 0 saturated heterocycles. The van der Waals surface area contributed by atoms with Crippen molar-refractivity contribution in [1.29, 1.82) is 0 Å². The lowest BCUT2D eigenvalue weighted by Crippen LogP contribution is -2.38. The molecule has 0 unspecified atom stereocenters. The first-order valence-corrected chi connectivity index (χ1v) is 6.25. The quantitative estimate of drug-likeness (QED) is 0.699. The molecule has 0 N–H and O–H groups in total. The summed E-state index contributed by atoms with van der Waals surface area (Å²) in [6.07, 6.45) is -4.15. The van der Waals surface area contributed by atoms with E-state index in [0.717, 1.165) is 0 Å². The Bertz CT molecular complexity index is 191. The molecule has 6 heteroatoms. The standard InChI is InChI=1S/C10H19BrF3NO/c1-9(2,3)16-7-6-15(5-4-11)8-10(12,13)14/h4-8H2,1-3H3. The molecule has 0 amide bonds. The molecule has 0 saturated carbocycles. The topological polar surface area (TPSA) is 12.5 Å². The molecule has 0 radical (unpaired) electrons. The van der Waals surface area contributed by atoms with Crippen molar-refractivity contribution in [1.82, 2.24) is 4.90 Å². The van der Waals surface area contributed by atoms with E-state index in [0.29, 0.717) is 25.0 Å². The van der Waals surface area contributed by atoms with Crippen molar-refractivity contribution in [2.24, 2.45) is 0 Å². The van der Waals surface area contributed by atoms with Crippen LogP contribution in [0.3, 0.4) is 0 Å². The maximum Gasteiger partial charge on any atom is 0.401 e. The lowest BCUT2D eigenvalue weighted by Gasteiger charge is -2.25. The van der Waals surface area contributed by atoms with Crippen LogP contribution in [-0.2, 0) is 4.74 Å². The Hall–Kier alpha value is 0.190. The SMILES string of the molecule is CC(C)(C)OCCN(CCBr)CC(F)(F)F. The lowest BCUT2D eigenvalue weighted by atomic mass is 10.2. The molecule has 0 fully saturated rings. The smallest absolute Gasteiger partial charge is 0.375 e. The van der Waals surface area contributed by atoms with Gasteiger partial charge < -0.3 is 4.74 Å². The van der Waals surface area contributed by atoms with E-state index < -0.39 is 12.7 Å². The van der Waals surface area contributed by atoms with Gasteiger partial charge in [-0.25, -0.2) is 0 Å². The van der Waals surface area contributed by atoms with Crippen LogP contribution in [0.25, 0.3) is 0 Å². The highest BCUT2D eigenvalue weighted by molar-refractivity contribution is 9.09. The number of hydrogen-bond acceptors (Lipinski definition) is 2. The number of hydrogen-bond donors (Lipinski definition) is 0. The molecule has 0 aromatic heterocycles. The Morgan fingerprint density at radius 3 is 2.06 bits per heavy atom. The van der Waals surface area contributed by atoms with Gasteiger partial charge in [0.25, 0.3) is 0 Å². The summed E-state index contributed by atoms with van der Waals surface area (Å²) in [6.45, 7) is 5.73. The molecular weight excluding hydrogens is 287 g/mol. The highest BCUT2D eigenvalue weighted by Gasteiger charge is 2.30. The summed E-state index contributed by atoms with van der Waals surface area (Å²) in [5, 5.41) is 0.526. The van der Waals surface area contributed by atoms with E-state index in [1.165, 1.54) is 4.90 Å². The van der Waals surface area contributed by atoms with Gasteiger partial charge in [0, 0.05) is 18.4 Å². The van der Waals surface area contributed by atoms with Crippen molar-refractivity contribution in [3.8, 4) is 0 Å². The zero-order chi connectivity index (χ0) is 12.8. The molecule has 0 atom stereocenters. The van der Waals surface area contributed by atoms with Gasteiger partial charge in [-0.2, -0.15) is 13.2 Å². The van der Waals surface area contributed by atoms with Crippen LogP contribution in [-0.4, -0.2) is 48.2 Å². The molecule has 0 aromatic rings. The number of ether oxygens (including phenoxy) is 1. The van der Waals surface area contributed by atoms with Crippen LogP contribution in [0.4, 0.5) is 13.2 Å². The van der Waals surface area contributed by atoms with Crippen molar-refractivity contribution in [3.63, 3.8) is 0 Å². The van der Waals surface area contributed by atoms with Crippen LogP contribution in [0, 0.1) is 0 Å². The van der Waals surface area contributed by atoms with E-state index in [1.54, 1.807) is 0 Å². The zero-order valence-corrected chi connectivity index (χ0v) is 11.5. The zero-order valence-electron chi connectivity index (χ0n) is 9.90. The van der Waals surface area contributed by atoms with E-state index in [4.69, 9.17) is 4.74 Å². The highest BCUT2D eigenvalue weighted by atomic mass is 79.9. The van der Waals surface area contributed by atoms with Crippen molar-refractivity contribution in [2.45, 2.75) is 32.5 Å². The van der Waals surface area contributed by atoms with E-state index in [-0.39, 0.29) is 5.60 Å². The molecule has 0 aliphatic rings. The molecule has 0 aliphatic heterocycles. The minimum Gasteiger partial charge on any atom is -0.375 e. The predicted octanol–water partition coefficient (Wildman–Crippen LogP) is 3.06. The van der Waals surface area contributed by atoms with Crippen LogP contribution >= 0.6 is 15.9 Å². The van der Waals surface area contributed by atoms with Gasteiger partial charge in [0.1, 0.15) is 0 Å². The van der Waals surface area contributed by atoms with Crippen molar-refractivity contribution in [2.75, 3.05) is 31.6 Å². The second-order valence-electron chi connectivity index (χ2n) is 4.54. The number of alkyl halides is 4. The monoisotopic (exact) mass is 305 g/mol. The van der Waals surface area contributed by atoms with Crippen LogP contribution in [0.5, 0.6) is 0 Å². The Labute approximate surface area is 103 Å². The second kappa shape index (κ2) is 6.81. The van der Waals surface area contributed by atoms with Gasteiger partial charge in [-0.05, 0) is 20.8 Å². The van der Waals surface area contributed by atoms with Gasteiger partial charge in [0.2, 0.25) is 0 Å². The molecule has 98 valence electrons. The Kier molecular flexibility index (Phi) is 6.89. The van der Waals surface area contributed by atoms with Crippen LogP contribution in [0.15, 0.2) is 0 Å². The van der Waals surface area contributed by atoms with Crippen molar-refractivity contribution < 1.29 is 17.9 Å². The fourth-order valence-corrected chi connectivity index (χ4v) is 1.63. The summed E-state index contributed by atoms with van der Waals surface area (Å²) >= 11 is 3.14. The van der Waals surface area contributed by atoms with E-state index in [9.17, 15) is 13.2 Å². The average molecular weight is 306 g/mol. The molecule has 2 nitrogen and oxygen atoms in total. The minimum atomic E-state index is -4.15. The third-order valence-corrected chi connectivity index (χ3v) is 2.10. The van der Waals surface area contributed by atoms with Gasteiger partial charge in [0.05, 0.1) is 18.8 Å². The predicted molar refractivity (Wildman–Crippen MR) is 62.0 cm³/mol. The van der Waals surface area contributed by atoms with Gasteiger partial charge >= 0.3 is 6.18 Å². The number of rotatable bonds is 6. The largest absolute Gasteiger partial charge is 0.401 e. The third kappa shape index (κ3) is 10.7. The highest BCUT2D eigenvalue weighted by Crippen LogP contribution is 2.16. The first-order valence-electron chi connectivity index (χ1n) is 5.13. The summed E-state index contributed by atoms with van der Waals surface area (Å²) in [4.78, 5) is 1.33. The Morgan fingerprint density at radius 2 is 1.69 bits per heavy atom. The Balaban J connectivity index is 3.95. The molecule has 0 heterocycles. The second-order valence-corrected chi connectivity index (χ2v) is 5.33. The van der Waals surface area contributed by atoms with E-state index >= 15 is 0 Å². The van der Waals surface area contributed by atoms with Crippen LogP contribution < -0.4 is 0 Å². The van der Waals surface area contributed by atoms with E-state index in [1.807, 2.05) is 20.8 Å². The maximum absolute atomic E-state index is 12.2. The fraction of sp³-hybridized carbons (Fsp3) is 1.00. The normalized spacial score (nSPS) is 13.5. The molecule has 0 bridgehead atoms. The molecule has 0 rings (SSSR count). The molecule has 0 aromatic carbocycles. The first kappa shape index (κ1) is 16.2. The first-order chi connectivity index (χ1) is 7.14. The number of nitrogens with zero attached hydrogens (tertiary/aromatic N) is 1. The molecule has 16 heavy (non-hydrogen) atoms. The van der Waals surface area contributed by atoms with Gasteiger partial charge in [-0.3, -0.25) is 4.90 Å². The van der Waals surface area contributed by atoms with Gasteiger partial charge in [-0.15, -0.1) is 0 Å². The molecule has 0 aliphatic carbocycles. The third-order valence-electron chi connectivity index (χ3n) is 1.75. The maximum atomic E-state index is 12.2. The van der Waals surface area contributed by atoms with E-state index in [2.05, 4.69) is 15.9 Å². The summed E-state index contributed by atoms with van der Waals surface area (Å²) in [6, 6.07) is 0. The fourth-order valence-electron chi connectivity index (χ4n) is 1.12. The Morgan fingerprint density at radius 1 is 1.12 bits per heavy atom. The summed E-state index contributed by atoms with van der Waals surface area (Å²) < 4.78 is 42.0. The minimum absolute atomic E-state index is 0.294. The van der Waals surface area contributed by atoms with Crippen LogP contribution in [0.2, 0.25) is 0 Å². The number of halogens is 4.